The Bertz CT molecular complexity index is 484. The fourth-order valence-corrected chi connectivity index (χ4v) is 1.82. The molecule has 2 aromatic carbocycles. The van der Waals surface area contributed by atoms with Gasteiger partial charge in [0, 0.05) is 0 Å². The van der Waals surface area contributed by atoms with Gasteiger partial charge in [-0.25, -0.2) is 0 Å². The maximum Gasteiger partial charge on any atom is 0.106 e. The molecule has 1 heterocycles. The average Bonchev–Trinajstić information content (AvgIpc) is 3.00. The van der Waals surface area contributed by atoms with Gasteiger partial charge in [-0.15, -0.1) is 0 Å². The Balaban J connectivity index is 2.18. The first-order valence-corrected chi connectivity index (χ1v) is 4.95. The van der Waals surface area contributed by atoms with Crippen LogP contribution in [0, 0.1) is 6.92 Å². The molecular formula is C13H12O. The number of epoxide rings is 1. The van der Waals surface area contributed by atoms with Crippen LogP contribution >= 0.6 is 0 Å². The zero-order valence-electron chi connectivity index (χ0n) is 8.16. The zero-order valence-corrected chi connectivity index (χ0v) is 8.16. The maximum absolute atomic E-state index is 5.27. The molecule has 0 N–H and O–H groups in total. The van der Waals surface area contributed by atoms with Crippen LogP contribution in [0.5, 0.6) is 0 Å². The van der Waals surface area contributed by atoms with Gasteiger partial charge in [0.15, 0.2) is 0 Å². The Morgan fingerprint density at radius 3 is 2.57 bits per heavy atom. The van der Waals surface area contributed by atoms with E-state index in [1.165, 1.54) is 21.9 Å². The van der Waals surface area contributed by atoms with Gasteiger partial charge in [-0.05, 0) is 29.3 Å². The van der Waals surface area contributed by atoms with E-state index in [1.807, 2.05) is 0 Å². The Labute approximate surface area is 83.3 Å². The summed E-state index contributed by atoms with van der Waals surface area (Å²) in [7, 11) is 0. The average molecular weight is 184 g/mol. The number of rotatable bonds is 1. The fourth-order valence-electron chi connectivity index (χ4n) is 1.82. The Hall–Kier alpha value is -1.34. The van der Waals surface area contributed by atoms with Gasteiger partial charge < -0.3 is 4.74 Å². The van der Waals surface area contributed by atoms with Gasteiger partial charge in [-0.3, -0.25) is 0 Å². The molecule has 1 heteroatoms. The lowest BCUT2D eigenvalue weighted by Crippen LogP contribution is -1.81. The zero-order chi connectivity index (χ0) is 9.54. The number of hydrogen-bond acceptors (Lipinski definition) is 1. The molecule has 1 nitrogen and oxygen atoms in total. The summed E-state index contributed by atoms with van der Waals surface area (Å²) in [5.41, 5.74) is 2.62. The number of aryl methyl sites for hydroxylation is 1. The van der Waals surface area contributed by atoms with E-state index in [1.54, 1.807) is 0 Å². The van der Waals surface area contributed by atoms with Gasteiger partial charge in [0.1, 0.15) is 6.10 Å². The molecule has 14 heavy (non-hydrogen) atoms. The second kappa shape index (κ2) is 2.82. The Kier molecular flexibility index (Phi) is 1.62. The summed E-state index contributed by atoms with van der Waals surface area (Å²) in [6.45, 7) is 3.01. The highest BCUT2D eigenvalue weighted by Crippen LogP contribution is 2.31. The minimum Gasteiger partial charge on any atom is -0.368 e. The van der Waals surface area contributed by atoms with Crippen molar-refractivity contribution in [1.29, 1.82) is 0 Å². The van der Waals surface area contributed by atoms with Crippen LogP contribution in [0.4, 0.5) is 0 Å². The van der Waals surface area contributed by atoms with Crippen LogP contribution in [-0.4, -0.2) is 6.61 Å². The lowest BCUT2D eigenvalue weighted by atomic mass is 10.0. The fraction of sp³-hybridized carbons (Fsp3) is 0.231. The Morgan fingerprint density at radius 2 is 1.79 bits per heavy atom. The van der Waals surface area contributed by atoms with Crippen LogP contribution in [0.2, 0.25) is 0 Å². The van der Waals surface area contributed by atoms with Crippen molar-refractivity contribution in [1.82, 2.24) is 0 Å². The van der Waals surface area contributed by atoms with Crippen LogP contribution in [-0.2, 0) is 4.74 Å². The van der Waals surface area contributed by atoms with Crippen molar-refractivity contribution in [3.8, 4) is 0 Å². The molecule has 3 rings (SSSR count). The third-order valence-corrected chi connectivity index (χ3v) is 2.72. The van der Waals surface area contributed by atoms with E-state index in [0.717, 1.165) is 6.61 Å². The molecule has 0 spiro atoms. The molecule has 0 unspecified atom stereocenters. The first-order valence-electron chi connectivity index (χ1n) is 4.95. The minimum atomic E-state index is 0.362. The van der Waals surface area contributed by atoms with Crippen LogP contribution < -0.4 is 0 Å². The summed E-state index contributed by atoms with van der Waals surface area (Å²) in [6.07, 6.45) is 0.362. The van der Waals surface area contributed by atoms with Crippen molar-refractivity contribution in [2.75, 3.05) is 6.61 Å². The van der Waals surface area contributed by atoms with Gasteiger partial charge in [-0.1, -0.05) is 35.9 Å². The molecule has 0 bridgehead atoms. The molecule has 0 saturated carbocycles. The third-order valence-electron chi connectivity index (χ3n) is 2.72. The predicted octanol–water partition coefficient (Wildman–Crippen LogP) is 3.22. The van der Waals surface area contributed by atoms with E-state index in [4.69, 9.17) is 4.74 Å². The molecule has 2 aromatic rings. The highest BCUT2D eigenvalue weighted by Gasteiger charge is 2.24. The number of ether oxygens (including phenoxy) is 1. The first kappa shape index (κ1) is 8.01. The third kappa shape index (κ3) is 1.30. The SMILES string of the molecule is Cc1ccc2cc([C@@H]3CO3)ccc2c1. The molecule has 0 amide bonds. The molecule has 1 fully saturated rings. The standard InChI is InChI=1S/C13H12O/c1-9-2-3-11-7-12(13-8-14-13)5-4-10(11)6-9/h2-7,13H,8H2,1H3/t13-/m0/s1. The number of fused-ring (bicyclic) bond motifs is 1. The summed E-state index contributed by atoms with van der Waals surface area (Å²) < 4.78 is 5.27. The molecule has 1 aliphatic heterocycles. The van der Waals surface area contributed by atoms with E-state index in [-0.39, 0.29) is 0 Å². The minimum absolute atomic E-state index is 0.362. The van der Waals surface area contributed by atoms with E-state index in [2.05, 4.69) is 43.3 Å². The maximum atomic E-state index is 5.27. The number of hydrogen-bond donors (Lipinski definition) is 0. The van der Waals surface area contributed by atoms with Gasteiger partial charge in [0.05, 0.1) is 6.61 Å². The van der Waals surface area contributed by atoms with Gasteiger partial charge >= 0.3 is 0 Å². The second-order valence-electron chi connectivity index (χ2n) is 3.93. The van der Waals surface area contributed by atoms with Gasteiger partial charge in [0.25, 0.3) is 0 Å². The molecule has 1 aliphatic rings. The summed E-state index contributed by atoms with van der Waals surface area (Å²) >= 11 is 0. The van der Waals surface area contributed by atoms with Gasteiger partial charge in [0.2, 0.25) is 0 Å². The summed E-state index contributed by atoms with van der Waals surface area (Å²) in [4.78, 5) is 0. The molecule has 1 atom stereocenters. The molecule has 0 aliphatic carbocycles. The lowest BCUT2D eigenvalue weighted by Gasteiger charge is -2.01. The molecular weight excluding hydrogens is 172 g/mol. The summed E-state index contributed by atoms with van der Waals surface area (Å²) in [5.74, 6) is 0. The van der Waals surface area contributed by atoms with Crippen molar-refractivity contribution in [2.45, 2.75) is 13.0 Å². The van der Waals surface area contributed by atoms with Crippen molar-refractivity contribution in [3.63, 3.8) is 0 Å². The highest BCUT2D eigenvalue weighted by atomic mass is 16.6. The molecule has 0 radical (unpaired) electrons. The van der Waals surface area contributed by atoms with Crippen molar-refractivity contribution in [3.05, 3.63) is 47.5 Å². The van der Waals surface area contributed by atoms with Gasteiger partial charge in [-0.2, -0.15) is 0 Å². The molecule has 1 saturated heterocycles. The quantitative estimate of drug-likeness (QED) is 0.620. The highest BCUT2D eigenvalue weighted by molar-refractivity contribution is 5.83. The number of benzene rings is 2. The van der Waals surface area contributed by atoms with E-state index >= 15 is 0 Å². The van der Waals surface area contributed by atoms with Crippen LogP contribution in [0.25, 0.3) is 10.8 Å². The van der Waals surface area contributed by atoms with E-state index < -0.39 is 0 Å². The monoisotopic (exact) mass is 184 g/mol. The van der Waals surface area contributed by atoms with Crippen molar-refractivity contribution in [2.24, 2.45) is 0 Å². The first-order chi connectivity index (χ1) is 6.83. The Morgan fingerprint density at radius 1 is 1.07 bits per heavy atom. The topological polar surface area (TPSA) is 12.5 Å². The van der Waals surface area contributed by atoms with Crippen LogP contribution in [0.15, 0.2) is 36.4 Å². The largest absolute Gasteiger partial charge is 0.368 e. The summed E-state index contributed by atoms with van der Waals surface area (Å²) in [6, 6.07) is 13.1. The van der Waals surface area contributed by atoms with Crippen LogP contribution in [0.3, 0.4) is 0 Å². The van der Waals surface area contributed by atoms with Crippen molar-refractivity contribution < 1.29 is 4.74 Å². The van der Waals surface area contributed by atoms with E-state index in [0.29, 0.717) is 6.10 Å². The second-order valence-corrected chi connectivity index (χ2v) is 3.93. The predicted molar refractivity (Wildman–Crippen MR) is 57.4 cm³/mol. The normalized spacial score (nSPS) is 19.9. The van der Waals surface area contributed by atoms with E-state index in [9.17, 15) is 0 Å². The molecule has 0 aromatic heterocycles. The van der Waals surface area contributed by atoms with Crippen LogP contribution in [0.1, 0.15) is 17.2 Å². The molecule has 70 valence electrons. The van der Waals surface area contributed by atoms with Crippen molar-refractivity contribution >= 4 is 10.8 Å². The summed E-state index contributed by atoms with van der Waals surface area (Å²) in [5, 5.41) is 2.62. The lowest BCUT2D eigenvalue weighted by molar-refractivity contribution is 0.416. The smallest absolute Gasteiger partial charge is 0.106 e.